The van der Waals surface area contributed by atoms with Gasteiger partial charge in [-0.25, -0.2) is 0 Å². The number of nitrogens with one attached hydrogen (secondary N) is 1. The van der Waals surface area contributed by atoms with Crippen LogP contribution in [-0.4, -0.2) is 73.1 Å². The van der Waals surface area contributed by atoms with Crippen LogP contribution >= 0.6 is 0 Å². The van der Waals surface area contributed by atoms with Gasteiger partial charge in [0, 0.05) is 50.1 Å². The van der Waals surface area contributed by atoms with Crippen LogP contribution in [0.5, 0.6) is 0 Å². The molecule has 2 amide bonds. The summed E-state index contributed by atoms with van der Waals surface area (Å²) < 4.78 is 5.55. The van der Waals surface area contributed by atoms with E-state index in [1.165, 1.54) is 32.1 Å². The largest absolute Gasteiger partial charge is 0.379 e. The first-order valence-electron chi connectivity index (χ1n) is 11.1. The van der Waals surface area contributed by atoms with Crippen molar-refractivity contribution in [3.8, 4) is 0 Å². The van der Waals surface area contributed by atoms with Gasteiger partial charge in [-0.05, 0) is 38.5 Å². The third kappa shape index (κ3) is 4.48. The van der Waals surface area contributed by atoms with E-state index in [2.05, 4.69) is 10.2 Å². The second-order valence-electron chi connectivity index (χ2n) is 8.98. The maximum absolute atomic E-state index is 12.8. The lowest BCUT2D eigenvalue weighted by Crippen LogP contribution is -2.60. The van der Waals surface area contributed by atoms with Gasteiger partial charge in [-0.1, -0.05) is 19.3 Å². The van der Waals surface area contributed by atoms with E-state index in [9.17, 15) is 9.59 Å². The number of likely N-dealkylation sites (tertiary alicyclic amines) is 1. The number of amides is 2. The molecule has 2 saturated heterocycles. The molecule has 0 unspecified atom stereocenters. The summed E-state index contributed by atoms with van der Waals surface area (Å²) in [4.78, 5) is 29.6. The van der Waals surface area contributed by atoms with Crippen LogP contribution in [0.4, 0.5) is 0 Å². The number of carbonyl (C=O) groups is 2. The van der Waals surface area contributed by atoms with Crippen LogP contribution in [0.3, 0.4) is 0 Å². The average Bonchev–Trinajstić information content (AvgIpc) is 3.58. The van der Waals surface area contributed by atoms with Gasteiger partial charge in [0.15, 0.2) is 0 Å². The highest BCUT2D eigenvalue weighted by Gasteiger charge is 2.40. The summed E-state index contributed by atoms with van der Waals surface area (Å²) in [6, 6.07) is 0. The smallest absolute Gasteiger partial charge is 0.225 e. The third-order valence-corrected chi connectivity index (χ3v) is 7.16. The molecule has 0 bridgehead atoms. The van der Waals surface area contributed by atoms with Crippen LogP contribution in [0.25, 0.3) is 0 Å². The molecule has 4 aliphatic rings. The van der Waals surface area contributed by atoms with Crippen LogP contribution < -0.4 is 5.32 Å². The minimum atomic E-state index is 0.0681. The van der Waals surface area contributed by atoms with Crippen molar-refractivity contribution >= 4 is 11.8 Å². The van der Waals surface area contributed by atoms with E-state index >= 15 is 0 Å². The van der Waals surface area contributed by atoms with E-state index < -0.39 is 0 Å². The first-order chi connectivity index (χ1) is 13.2. The number of morpholine rings is 1. The molecule has 152 valence electrons. The summed E-state index contributed by atoms with van der Waals surface area (Å²) in [5.74, 6) is 0.878. The highest BCUT2D eigenvalue weighted by atomic mass is 16.5. The van der Waals surface area contributed by atoms with Gasteiger partial charge in [-0.15, -0.1) is 0 Å². The Morgan fingerprint density at radius 2 is 1.56 bits per heavy atom. The lowest BCUT2D eigenvalue weighted by molar-refractivity contribution is -0.137. The summed E-state index contributed by atoms with van der Waals surface area (Å²) in [6.07, 6.45) is 9.94. The Morgan fingerprint density at radius 3 is 2.19 bits per heavy atom. The zero-order chi connectivity index (χ0) is 18.7. The molecule has 27 heavy (non-hydrogen) atoms. The molecule has 2 saturated carbocycles. The molecular weight excluding hydrogens is 342 g/mol. The molecule has 0 atom stereocenters. The van der Waals surface area contributed by atoms with Crippen molar-refractivity contribution in [1.29, 1.82) is 0 Å². The first-order valence-corrected chi connectivity index (χ1v) is 11.1. The van der Waals surface area contributed by atoms with Crippen molar-refractivity contribution in [3.05, 3.63) is 0 Å². The van der Waals surface area contributed by atoms with Gasteiger partial charge in [0.2, 0.25) is 11.8 Å². The van der Waals surface area contributed by atoms with Gasteiger partial charge in [0.1, 0.15) is 0 Å². The van der Waals surface area contributed by atoms with Crippen LogP contribution in [0.15, 0.2) is 0 Å². The van der Waals surface area contributed by atoms with E-state index in [1.807, 2.05) is 4.90 Å². The van der Waals surface area contributed by atoms with Gasteiger partial charge in [0.05, 0.1) is 13.2 Å². The Balaban J connectivity index is 1.28. The number of carbonyl (C=O) groups excluding carboxylic acids is 2. The van der Waals surface area contributed by atoms with E-state index in [0.29, 0.717) is 5.91 Å². The summed E-state index contributed by atoms with van der Waals surface area (Å²) in [7, 11) is 0. The summed E-state index contributed by atoms with van der Waals surface area (Å²) in [6.45, 7) is 5.86. The van der Waals surface area contributed by atoms with Gasteiger partial charge in [-0.2, -0.15) is 0 Å². The van der Waals surface area contributed by atoms with Crippen LogP contribution in [0, 0.1) is 11.8 Å². The van der Waals surface area contributed by atoms with Crippen molar-refractivity contribution in [1.82, 2.24) is 15.1 Å². The van der Waals surface area contributed by atoms with Crippen molar-refractivity contribution < 1.29 is 14.3 Å². The summed E-state index contributed by atoms with van der Waals surface area (Å²) in [5, 5.41) is 3.31. The number of hydrogen-bond donors (Lipinski definition) is 1. The predicted octanol–water partition coefficient (Wildman–Crippen LogP) is 1.79. The monoisotopic (exact) mass is 377 g/mol. The van der Waals surface area contributed by atoms with Crippen molar-refractivity contribution in [2.45, 2.75) is 63.3 Å². The molecule has 4 rings (SSSR count). The molecule has 6 heteroatoms. The molecule has 0 aromatic rings. The molecule has 2 heterocycles. The molecule has 0 radical (unpaired) electrons. The van der Waals surface area contributed by atoms with Gasteiger partial charge in [-0.3, -0.25) is 14.5 Å². The Morgan fingerprint density at radius 1 is 0.889 bits per heavy atom. The normalized spacial score (nSPS) is 27.3. The maximum atomic E-state index is 12.8. The van der Waals surface area contributed by atoms with Crippen LogP contribution in [0.2, 0.25) is 0 Å². The average molecular weight is 378 g/mol. The highest BCUT2D eigenvalue weighted by molar-refractivity contribution is 5.82. The van der Waals surface area contributed by atoms with E-state index in [-0.39, 0.29) is 23.3 Å². The lowest BCUT2D eigenvalue weighted by Gasteiger charge is -2.48. The number of hydrogen-bond acceptors (Lipinski definition) is 4. The van der Waals surface area contributed by atoms with Gasteiger partial charge in [0.25, 0.3) is 0 Å². The quantitative estimate of drug-likeness (QED) is 0.793. The molecular formula is C21H35N3O3. The molecule has 6 nitrogen and oxygen atoms in total. The van der Waals surface area contributed by atoms with Crippen molar-refractivity contribution in [2.24, 2.45) is 11.8 Å². The van der Waals surface area contributed by atoms with Crippen molar-refractivity contribution in [3.63, 3.8) is 0 Å². The van der Waals surface area contributed by atoms with Crippen LogP contribution in [0.1, 0.15) is 57.8 Å². The Kier molecular flexibility index (Phi) is 6.02. The standard InChI is InChI=1S/C21H35N3O3/c25-19(17-6-10-23(11-7-17)20(26)18-4-5-18)22-16-21(8-2-1-3-9-21)24-12-14-27-15-13-24/h17-18H,1-16H2,(H,22,25). The Labute approximate surface area is 163 Å². The number of nitrogens with zero attached hydrogens (tertiary/aromatic N) is 2. The Hall–Kier alpha value is -1.14. The second kappa shape index (κ2) is 8.48. The number of piperidine rings is 1. The number of ether oxygens (including phenoxy) is 1. The van der Waals surface area contributed by atoms with E-state index in [0.717, 1.165) is 71.6 Å². The molecule has 0 spiro atoms. The maximum Gasteiger partial charge on any atom is 0.225 e. The summed E-state index contributed by atoms with van der Waals surface area (Å²) in [5.41, 5.74) is 0.125. The fourth-order valence-electron chi connectivity index (χ4n) is 5.20. The van der Waals surface area contributed by atoms with E-state index in [4.69, 9.17) is 4.74 Å². The lowest BCUT2D eigenvalue weighted by atomic mass is 9.79. The molecule has 1 N–H and O–H groups in total. The SMILES string of the molecule is O=C(NCC1(N2CCOCC2)CCCCC1)C1CCN(C(=O)C2CC2)CC1. The highest BCUT2D eigenvalue weighted by Crippen LogP contribution is 2.34. The fourth-order valence-corrected chi connectivity index (χ4v) is 5.20. The molecule has 0 aromatic carbocycles. The minimum absolute atomic E-state index is 0.0681. The zero-order valence-corrected chi connectivity index (χ0v) is 16.6. The molecule has 2 aliphatic heterocycles. The number of rotatable bonds is 5. The third-order valence-electron chi connectivity index (χ3n) is 7.16. The molecule has 4 fully saturated rings. The molecule has 0 aromatic heterocycles. The zero-order valence-electron chi connectivity index (χ0n) is 16.6. The minimum Gasteiger partial charge on any atom is -0.379 e. The topological polar surface area (TPSA) is 61.9 Å². The molecule has 2 aliphatic carbocycles. The fraction of sp³-hybridized carbons (Fsp3) is 0.905. The van der Waals surface area contributed by atoms with Gasteiger partial charge >= 0.3 is 0 Å². The first kappa shape index (κ1) is 19.2. The Bertz CT molecular complexity index is 529. The van der Waals surface area contributed by atoms with Crippen molar-refractivity contribution in [2.75, 3.05) is 45.9 Å². The second-order valence-corrected chi connectivity index (χ2v) is 8.98. The van der Waals surface area contributed by atoms with Gasteiger partial charge < -0.3 is 15.0 Å². The predicted molar refractivity (Wildman–Crippen MR) is 103 cm³/mol. The van der Waals surface area contributed by atoms with E-state index in [1.54, 1.807) is 0 Å². The van der Waals surface area contributed by atoms with Crippen LogP contribution in [-0.2, 0) is 14.3 Å². The summed E-state index contributed by atoms with van der Waals surface area (Å²) >= 11 is 0.